The van der Waals surface area contributed by atoms with E-state index < -0.39 is 0 Å². The van der Waals surface area contributed by atoms with Crippen LogP contribution >= 0.6 is 11.8 Å². The van der Waals surface area contributed by atoms with Gasteiger partial charge in [-0.1, -0.05) is 35.5 Å². The molecule has 0 aliphatic heterocycles. The third kappa shape index (κ3) is 5.59. The largest absolute Gasteiger partial charge is 0.484 e. The molecule has 0 saturated heterocycles. The van der Waals surface area contributed by atoms with Crippen molar-refractivity contribution in [1.29, 1.82) is 0 Å². The van der Waals surface area contributed by atoms with Gasteiger partial charge < -0.3 is 14.5 Å². The maximum absolute atomic E-state index is 12.1. The molecule has 0 fully saturated rings. The van der Waals surface area contributed by atoms with E-state index in [1.807, 2.05) is 63.2 Å². The van der Waals surface area contributed by atoms with E-state index in [1.165, 1.54) is 17.3 Å². The SMILES string of the molecule is Cc1ccc(OCc2nnc(SCC(=O)Nc3ccc(C)c(C)c3)o2)cc1. The molecule has 1 aromatic heterocycles. The average molecular weight is 383 g/mol. The molecule has 140 valence electrons. The van der Waals surface area contributed by atoms with Crippen molar-refractivity contribution < 1.29 is 13.9 Å². The Bertz CT molecular complexity index is 922. The molecule has 3 rings (SSSR count). The predicted octanol–water partition coefficient (Wildman–Crippen LogP) is 4.30. The van der Waals surface area contributed by atoms with Crippen LogP contribution in [0.25, 0.3) is 0 Å². The number of nitrogens with one attached hydrogen (secondary N) is 1. The van der Waals surface area contributed by atoms with E-state index in [2.05, 4.69) is 15.5 Å². The third-order valence-corrected chi connectivity index (χ3v) is 4.77. The zero-order valence-electron chi connectivity index (χ0n) is 15.5. The van der Waals surface area contributed by atoms with E-state index in [-0.39, 0.29) is 18.3 Å². The number of nitrogens with zero attached hydrogens (tertiary/aromatic N) is 2. The zero-order valence-corrected chi connectivity index (χ0v) is 16.3. The highest BCUT2D eigenvalue weighted by Crippen LogP contribution is 2.19. The smallest absolute Gasteiger partial charge is 0.277 e. The summed E-state index contributed by atoms with van der Waals surface area (Å²) in [5.41, 5.74) is 4.27. The number of thioether (sulfide) groups is 1. The van der Waals surface area contributed by atoms with Crippen molar-refractivity contribution in [3.63, 3.8) is 0 Å². The van der Waals surface area contributed by atoms with Gasteiger partial charge in [0.25, 0.3) is 11.1 Å². The Labute approximate surface area is 162 Å². The molecule has 0 saturated carbocycles. The fraction of sp³-hybridized carbons (Fsp3) is 0.250. The molecule has 7 heteroatoms. The zero-order chi connectivity index (χ0) is 19.2. The van der Waals surface area contributed by atoms with Crippen LogP contribution in [0.5, 0.6) is 5.75 Å². The maximum atomic E-state index is 12.1. The van der Waals surface area contributed by atoms with Crippen molar-refractivity contribution in [3.05, 3.63) is 65.0 Å². The first-order chi connectivity index (χ1) is 13.0. The van der Waals surface area contributed by atoms with Crippen LogP contribution in [0.1, 0.15) is 22.6 Å². The number of anilines is 1. The number of benzene rings is 2. The number of ether oxygens (including phenoxy) is 1. The second-order valence-electron chi connectivity index (χ2n) is 6.20. The van der Waals surface area contributed by atoms with Gasteiger partial charge in [-0.25, -0.2) is 0 Å². The number of hydrogen-bond acceptors (Lipinski definition) is 6. The van der Waals surface area contributed by atoms with E-state index in [9.17, 15) is 4.79 Å². The van der Waals surface area contributed by atoms with Crippen LogP contribution in [0.15, 0.2) is 52.1 Å². The Hall–Kier alpha value is -2.80. The van der Waals surface area contributed by atoms with Crippen molar-refractivity contribution in [2.45, 2.75) is 32.6 Å². The molecule has 1 amide bonds. The van der Waals surface area contributed by atoms with Crippen LogP contribution in [0.2, 0.25) is 0 Å². The van der Waals surface area contributed by atoms with Crippen LogP contribution < -0.4 is 10.1 Å². The molecule has 6 nitrogen and oxygen atoms in total. The maximum Gasteiger partial charge on any atom is 0.277 e. The molecular formula is C20H21N3O3S. The number of carbonyl (C=O) groups excluding carboxylic acids is 1. The highest BCUT2D eigenvalue weighted by molar-refractivity contribution is 7.99. The van der Waals surface area contributed by atoms with Gasteiger partial charge in [0, 0.05) is 5.69 Å². The molecule has 0 bridgehead atoms. The Balaban J connectivity index is 1.46. The van der Waals surface area contributed by atoms with E-state index in [4.69, 9.17) is 9.15 Å². The van der Waals surface area contributed by atoms with E-state index in [1.54, 1.807) is 0 Å². The predicted molar refractivity (Wildman–Crippen MR) is 105 cm³/mol. The number of aryl methyl sites for hydroxylation is 3. The quantitative estimate of drug-likeness (QED) is 0.613. The number of hydrogen-bond donors (Lipinski definition) is 1. The van der Waals surface area contributed by atoms with Crippen molar-refractivity contribution >= 4 is 23.4 Å². The van der Waals surface area contributed by atoms with Gasteiger partial charge in [-0.05, 0) is 56.2 Å². The van der Waals surface area contributed by atoms with E-state index in [0.29, 0.717) is 11.1 Å². The molecule has 1 N–H and O–H groups in total. The van der Waals surface area contributed by atoms with Crippen LogP contribution in [0, 0.1) is 20.8 Å². The van der Waals surface area contributed by atoms with Crippen molar-refractivity contribution in [2.75, 3.05) is 11.1 Å². The Morgan fingerprint density at radius 2 is 1.85 bits per heavy atom. The summed E-state index contributed by atoms with van der Waals surface area (Å²) in [5.74, 6) is 1.17. The summed E-state index contributed by atoms with van der Waals surface area (Å²) in [4.78, 5) is 12.1. The summed E-state index contributed by atoms with van der Waals surface area (Å²) >= 11 is 1.19. The number of rotatable bonds is 7. The topological polar surface area (TPSA) is 77.2 Å². The molecule has 0 atom stereocenters. The minimum absolute atomic E-state index is 0.126. The van der Waals surface area contributed by atoms with Gasteiger partial charge in [-0.15, -0.1) is 10.2 Å². The first-order valence-corrected chi connectivity index (χ1v) is 9.50. The van der Waals surface area contributed by atoms with E-state index in [0.717, 1.165) is 22.6 Å². The van der Waals surface area contributed by atoms with Gasteiger partial charge in [-0.3, -0.25) is 4.79 Å². The molecule has 0 spiro atoms. The van der Waals surface area contributed by atoms with Gasteiger partial charge in [-0.2, -0.15) is 0 Å². The lowest BCUT2D eigenvalue weighted by Gasteiger charge is -2.06. The van der Waals surface area contributed by atoms with Crippen molar-refractivity contribution in [3.8, 4) is 5.75 Å². The summed E-state index contributed by atoms with van der Waals surface area (Å²) < 4.78 is 11.1. The molecule has 0 aliphatic rings. The van der Waals surface area contributed by atoms with Gasteiger partial charge in [0.1, 0.15) is 5.75 Å². The van der Waals surface area contributed by atoms with Crippen molar-refractivity contribution in [1.82, 2.24) is 10.2 Å². The fourth-order valence-electron chi connectivity index (χ4n) is 2.28. The second kappa shape index (κ2) is 8.73. The second-order valence-corrected chi connectivity index (χ2v) is 7.13. The minimum atomic E-state index is -0.126. The Kier molecular flexibility index (Phi) is 6.13. The van der Waals surface area contributed by atoms with Gasteiger partial charge >= 0.3 is 0 Å². The molecule has 0 radical (unpaired) electrons. The minimum Gasteiger partial charge on any atom is -0.484 e. The molecule has 3 aromatic rings. The molecule has 27 heavy (non-hydrogen) atoms. The average Bonchev–Trinajstić information content (AvgIpc) is 3.11. The number of aromatic nitrogens is 2. The van der Waals surface area contributed by atoms with Gasteiger partial charge in [0.15, 0.2) is 6.61 Å². The van der Waals surface area contributed by atoms with Crippen LogP contribution in [0.4, 0.5) is 5.69 Å². The van der Waals surface area contributed by atoms with Gasteiger partial charge in [0.05, 0.1) is 5.75 Å². The third-order valence-electron chi connectivity index (χ3n) is 3.95. The molecule has 1 heterocycles. The fourth-order valence-corrected chi connectivity index (χ4v) is 2.86. The van der Waals surface area contributed by atoms with Gasteiger partial charge in [0.2, 0.25) is 5.91 Å². The highest BCUT2D eigenvalue weighted by Gasteiger charge is 2.11. The summed E-state index contributed by atoms with van der Waals surface area (Å²) in [6.07, 6.45) is 0. The van der Waals surface area contributed by atoms with Crippen LogP contribution in [-0.4, -0.2) is 21.9 Å². The van der Waals surface area contributed by atoms with E-state index >= 15 is 0 Å². The summed E-state index contributed by atoms with van der Waals surface area (Å²) in [7, 11) is 0. The Morgan fingerprint density at radius 3 is 2.59 bits per heavy atom. The standard InChI is InChI=1S/C20H21N3O3S/c1-13-4-8-17(9-5-13)25-11-19-22-23-20(26-19)27-12-18(24)21-16-7-6-14(2)15(3)10-16/h4-10H,11-12H2,1-3H3,(H,21,24). The molecule has 0 unspecified atom stereocenters. The summed E-state index contributed by atoms with van der Waals surface area (Å²) in [6, 6.07) is 13.5. The lowest BCUT2D eigenvalue weighted by atomic mass is 10.1. The molecule has 2 aromatic carbocycles. The highest BCUT2D eigenvalue weighted by atomic mass is 32.2. The summed E-state index contributed by atoms with van der Waals surface area (Å²) in [6.45, 7) is 6.25. The van der Waals surface area contributed by atoms with Crippen molar-refractivity contribution in [2.24, 2.45) is 0 Å². The number of amides is 1. The first-order valence-electron chi connectivity index (χ1n) is 8.51. The first kappa shape index (κ1) is 19.0. The summed E-state index contributed by atoms with van der Waals surface area (Å²) in [5, 5.41) is 11.1. The lowest BCUT2D eigenvalue weighted by molar-refractivity contribution is -0.113. The monoisotopic (exact) mass is 383 g/mol. The van der Waals surface area contributed by atoms with Crippen LogP contribution in [-0.2, 0) is 11.4 Å². The molecular weight excluding hydrogens is 362 g/mol. The molecule has 0 aliphatic carbocycles. The lowest BCUT2D eigenvalue weighted by Crippen LogP contribution is -2.14. The number of carbonyl (C=O) groups is 1. The van der Waals surface area contributed by atoms with Crippen LogP contribution in [0.3, 0.4) is 0 Å². The normalized spacial score (nSPS) is 10.6. The Morgan fingerprint density at radius 1 is 1.07 bits per heavy atom.